The van der Waals surface area contributed by atoms with Crippen LogP contribution in [0.4, 0.5) is 5.69 Å². The zero-order chi connectivity index (χ0) is 24.6. The van der Waals surface area contributed by atoms with E-state index in [1.165, 1.54) is 39.7 Å². The van der Waals surface area contributed by atoms with Crippen LogP contribution in [-0.4, -0.2) is 48.4 Å². The number of rotatable bonds is 10. The minimum atomic E-state index is -4.01. The zero-order valence-electron chi connectivity index (χ0n) is 19.0. The van der Waals surface area contributed by atoms with E-state index in [4.69, 9.17) is 14.2 Å². The molecule has 0 aromatic heterocycles. The summed E-state index contributed by atoms with van der Waals surface area (Å²) in [4.78, 5) is 12.7. The van der Waals surface area contributed by atoms with Crippen molar-refractivity contribution in [3.63, 3.8) is 0 Å². The third-order valence-electron chi connectivity index (χ3n) is 4.79. The molecule has 0 aliphatic rings. The number of methoxy groups -OCH3 is 3. The van der Waals surface area contributed by atoms with Gasteiger partial charge in [-0.15, -0.1) is 0 Å². The molecule has 0 atom stereocenters. The molecule has 0 saturated carbocycles. The highest BCUT2D eigenvalue weighted by molar-refractivity contribution is 7.92. The fraction of sp³-hybridized carbons (Fsp3) is 0.167. The molecule has 0 aliphatic heterocycles. The minimum absolute atomic E-state index is 0.0625. The topological polar surface area (TPSA) is 107 Å². The first-order chi connectivity index (χ1) is 16.4. The van der Waals surface area contributed by atoms with E-state index in [2.05, 4.69) is 10.5 Å². The number of hydrogen-bond acceptors (Lipinski definition) is 7. The molecule has 0 fully saturated rings. The highest BCUT2D eigenvalue weighted by Crippen LogP contribution is 2.27. The van der Waals surface area contributed by atoms with Gasteiger partial charge >= 0.3 is 0 Å². The molecule has 3 aromatic rings. The molecule has 1 N–H and O–H groups in total. The van der Waals surface area contributed by atoms with E-state index in [0.717, 1.165) is 4.31 Å². The van der Waals surface area contributed by atoms with Crippen LogP contribution in [0.2, 0.25) is 0 Å². The lowest BCUT2D eigenvalue weighted by atomic mass is 10.2. The largest absolute Gasteiger partial charge is 0.497 e. The van der Waals surface area contributed by atoms with E-state index >= 15 is 0 Å². The highest BCUT2D eigenvalue weighted by atomic mass is 32.2. The smallest absolute Gasteiger partial charge is 0.264 e. The van der Waals surface area contributed by atoms with Gasteiger partial charge in [-0.3, -0.25) is 9.10 Å². The molecule has 9 nitrogen and oxygen atoms in total. The second-order valence-corrected chi connectivity index (χ2v) is 8.79. The monoisotopic (exact) mass is 483 g/mol. The van der Waals surface area contributed by atoms with E-state index in [1.807, 2.05) is 0 Å². The molecule has 34 heavy (non-hydrogen) atoms. The predicted molar refractivity (Wildman–Crippen MR) is 129 cm³/mol. The zero-order valence-corrected chi connectivity index (χ0v) is 19.8. The number of carbonyl (C=O) groups is 1. The van der Waals surface area contributed by atoms with E-state index in [9.17, 15) is 13.2 Å². The first-order valence-corrected chi connectivity index (χ1v) is 11.6. The summed E-state index contributed by atoms with van der Waals surface area (Å²) in [5, 5.41) is 3.94. The van der Waals surface area contributed by atoms with Gasteiger partial charge in [0.05, 0.1) is 38.1 Å². The van der Waals surface area contributed by atoms with Crippen molar-refractivity contribution in [1.29, 1.82) is 0 Å². The van der Waals surface area contributed by atoms with Crippen LogP contribution in [0.3, 0.4) is 0 Å². The SMILES string of the molecule is COc1ccc(N(CC(=O)NN=Cc2ccc(OC)c(OC)c2)S(=O)(=O)c2ccccc2)cc1. The molecule has 0 aliphatic carbocycles. The van der Waals surface area contributed by atoms with Gasteiger partial charge in [-0.2, -0.15) is 5.10 Å². The molecular weight excluding hydrogens is 458 g/mol. The Morgan fingerprint density at radius 1 is 0.912 bits per heavy atom. The summed E-state index contributed by atoms with van der Waals surface area (Å²) in [7, 11) is 0.545. The Balaban J connectivity index is 1.80. The van der Waals surface area contributed by atoms with Crippen molar-refractivity contribution in [2.45, 2.75) is 4.90 Å². The summed E-state index contributed by atoms with van der Waals surface area (Å²) in [5.41, 5.74) is 3.33. The Hall–Kier alpha value is -4.05. The van der Waals surface area contributed by atoms with Crippen molar-refractivity contribution in [2.75, 3.05) is 32.2 Å². The third-order valence-corrected chi connectivity index (χ3v) is 6.58. The van der Waals surface area contributed by atoms with Crippen molar-refractivity contribution in [3.8, 4) is 17.2 Å². The lowest BCUT2D eigenvalue weighted by molar-refractivity contribution is -0.119. The van der Waals surface area contributed by atoms with Crippen molar-refractivity contribution >= 4 is 27.8 Å². The molecule has 10 heteroatoms. The summed E-state index contributed by atoms with van der Waals surface area (Å²) in [5.74, 6) is 1.01. The van der Waals surface area contributed by atoms with Gasteiger partial charge in [0.2, 0.25) is 0 Å². The highest BCUT2D eigenvalue weighted by Gasteiger charge is 2.27. The molecule has 0 saturated heterocycles. The summed E-state index contributed by atoms with van der Waals surface area (Å²) in [6, 6.07) is 19.4. The molecule has 1 amide bonds. The molecule has 0 radical (unpaired) electrons. The standard InChI is InChI=1S/C24H25N3O6S/c1-31-20-12-10-19(11-13-20)27(34(29,30)21-7-5-4-6-8-21)17-24(28)26-25-16-18-9-14-22(32-2)23(15-18)33-3/h4-16H,17H2,1-3H3,(H,26,28). The molecule has 3 aromatic carbocycles. The fourth-order valence-corrected chi connectivity index (χ4v) is 4.50. The van der Waals surface area contributed by atoms with Crippen LogP contribution in [0.25, 0.3) is 0 Å². The fourth-order valence-electron chi connectivity index (χ4n) is 3.06. The van der Waals surface area contributed by atoms with Gasteiger partial charge in [0.15, 0.2) is 11.5 Å². The third kappa shape index (κ3) is 5.84. The van der Waals surface area contributed by atoms with Crippen molar-refractivity contribution < 1.29 is 27.4 Å². The van der Waals surface area contributed by atoms with Crippen molar-refractivity contribution in [2.24, 2.45) is 5.10 Å². The van der Waals surface area contributed by atoms with Crippen LogP contribution >= 0.6 is 0 Å². The van der Waals surface area contributed by atoms with Crippen LogP contribution in [0, 0.1) is 0 Å². The van der Waals surface area contributed by atoms with Gasteiger partial charge < -0.3 is 14.2 Å². The van der Waals surface area contributed by atoms with Gasteiger partial charge in [0.1, 0.15) is 12.3 Å². The Bertz CT molecular complexity index is 1250. The van der Waals surface area contributed by atoms with Crippen molar-refractivity contribution in [1.82, 2.24) is 5.43 Å². The average molecular weight is 484 g/mol. The number of nitrogens with zero attached hydrogens (tertiary/aromatic N) is 2. The van der Waals surface area contributed by atoms with E-state index in [-0.39, 0.29) is 4.90 Å². The molecule has 0 spiro atoms. The molecular formula is C24H25N3O6S. The van der Waals surface area contributed by atoms with E-state index in [0.29, 0.717) is 28.5 Å². The summed E-state index contributed by atoms with van der Waals surface area (Å²) >= 11 is 0. The number of hydrazone groups is 1. The van der Waals surface area contributed by atoms with Gasteiger partial charge in [-0.1, -0.05) is 18.2 Å². The molecule has 0 heterocycles. The number of sulfonamides is 1. The van der Waals surface area contributed by atoms with Crippen LogP contribution in [0.5, 0.6) is 17.2 Å². The molecule has 178 valence electrons. The van der Waals surface area contributed by atoms with Crippen LogP contribution in [0.15, 0.2) is 82.8 Å². The number of amides is 1. The van der Waals surface area contributed by atoms with Crippen LogP contribution < -0.4 is 23.9 Å². The maximum atomic E-state index is 13.3. The number of carbonyl (C=O) groups excluding carboxylic acids is 1. The van der Waals surface area contributed by atoms with Gasteiger partial charge in [0.25, 0.3) is 15.9 Å². The summed E-state index contributed by atoms with van der Waals surface area (Å²) in [6.45, 7) is -0.479. The van der Waals surface area contributed by atoms with Gasteiger partial charge in [-0.05, 0) is 60.2 Å². The predicted octanol–water partition coefficient (Wildman–Crippen LogP) is 3.06. The minimum Gasteiger partial charge on any atom is -0.497 e. The lowest BCUT2D eigenvalue weighted by Crippen LogP contribution is -2.39. The maximum absolute atomic E-state index is 13.3. The van der Waals surface area contributed by atoms with E-state index < -0.39 is 22.5 Å². The van der Waals surface area contributed by atoms with E-state index in [1.54, 1.807) is 60.7 Å². The number of hydrogen-bond donors (Lipinski definition) is 1. The number of anilines is 1. The van der Waals surface area contributed by atoms with Gasteiger partial charge in [0, 0.05) is 0 Å². The lowest BCUT2D eigenvalue weighted by Gasteiger charge is -2.23. The normalized spacial score (nSPS) is 11.1. The number of nitrogens with one attached hydrogen (secondary N) is 1. The Labute approximate surface area is 198 Å². The first-order valence-electron chi connectivity index (χ1n) is 10.1. The Morgan fingerprint density at radius 2 is 1.59 bits per heavy atom. The molecule has 0 unspecified atom stereocenters. The average Bonchev–Trinajstić information content (AvgIpc) is 2.87. The van der Waals surface area contributed by atoms with Crippen molar-refractivity contribution in [3.05, 3.63) is 78.4 Å². The summed E-state index contributed by atoms with van der Waals surface area (Å²) in [6.07, 6.45) is 1.42. The van der Waals surface area contributed by atoms with Gasteiger partial charge in [-0.25, -0.2) is 13.8 Å². The molecule has 0 bridgehead atoms. The first kappa shape index (κ1) is 24.6. The second kappa shape index (κ2) is 11.2. The Kier molecular flexibility index (Phi) is 8.10. The number of ether oxygens (including phenoxy) is 3. The summed E-state index contributed by atoms with van der Waals surface area (Å²) < 4.78 is 43.2. The Morgan fingerprint density at radius 3 is 2.21 bits per heavy atom. The number of benzene rings is 3. The quantitative estimate of drug-likeness (QED) is 0.351. The maximum Gasteiger partial charge on any atom is 0.264 e. The molecule has 3 rings (SSSR count). The van der Waals surface area contributed by atoms with Crippen LogP contribution in [-0.2, 0) is 14.8 Å². The van der Waals surface area contributed by atoms with Crippen LogP contribution in [0.1, 0.15) is 5.56 Å². The second-order valence-electron chi connectivity index (χ2n) is 6.93.